The van der Waals surface area contributed by atoms with E-state index in [9.17, 15) is 19.2 Å². The SMILES string of the molecule is CC(=O)c1ccc(N2CCN(C(=O)CC[C@H]3NC(=O)NC3=O)CC2)cc1. The predicted octanol–water partition coefficient (Wildman–Crippen LogP) is 0.526. The van der Waals surface area contributed by atoms with Crippen LogP contribution in [0.15, 0.2) is 24.3 Å². The summed E-state index contributed by atoms with van der Waals surface area (Å²) in [5.41, 5.74) is 1.72. The number of hydrogen-bond donors (Lipinski definition) is 2. The second kappa shape index (κ2) is 7.55. The summed E-state index contributed by atoms with van der Waals surface area (Å²) in [7, 11) is 0. The molecule has 2 aliphatic rings. The zero-order chi connectivity index (χ0) is 18.7. The highest BCUT2D eigenvalue weighted by Crippen LogP contribution is 2.18. The molecule has 2 saturated heterocycles. The lowest BCUT2D eigenvalue weighted by Crippen LogP contribution is -2.49. The Hall–Kier alpha value is -2.90. The summed E-state index contributed by atoms with van der Waals surface area (Å²) < 4.78 is 0. The molecule has 138 valence electrons. The Balaban J connectivity index is 1.47. The lowest BCUT2D eigenvalue weighted by Gasteiger charge is -2.36. The van der Waals surface area contributed by atoms with E-state index < -0.39 is 12.1 Å². The van der Waals surface area contributed by atoms with E-state index in [-0.39, 0.29) is 24.0 Å². The average molecular weight is 358 g/mol. The maximum absolute atomic E-state index is 12.3. The van der Waals surface area contributed by atoms with E-state index in [0.717, 1.165) is 5.69 Å². The van der Waals surface area contributed by atoms with Gasteiger partial charge in [0, 0.05) is 43.9 Å². The zero-order valence-electron chi connectivity index (χ0n) is 14.7. The van der Waals surface area contributed by atoms with Gasteiger partial charge in [0.2, 0.25) is 5.91 Å². The number of nitrogens with zero attached hydrogens (tertiary/aromatic N) is 2. The van der Waals surface area contributed by atoms with Gasteiger partial charge in [-0.05, 0) is 37.6 Å². The number of amides is 4. The number of carbonyl (C=O) groups is 4. The van der Waals surface area contributed by atoms with Crippen molar-refractivity contribution < 1.29 is 19.2 Å². The molecule has 0 unspecified atom stereocenters. The van der Waals surface area contributed by atoms with Gasteiger partial charge in [0.1, 0.15) is 6.04 Å². The van der Waals surface area contributed by atoms with Crippen LogP contribution in [0.4, 0.5) is 10.5 Å². The summed E-state index contributed by atoms with van der Waals surface area (Å²) in [5.74, 6) is -0.341. The maximum Gasteiger partial charge on any atom is 0.322 e. The molecular weight excluding hydrogens is 336 g/mol. The quantitative estimate of drug-likeness (QED) is 0.591. The highest BCUT2D eigenvalue weighted by Gasteiger charge is 2.30. The van der Waals surface area contributed by atoms with E-state index in [0.29, 0.717) is 38.2 Å². The molecular formula is C18H22N4O4. The van der Waals surface area contributed by atoms with Crippen molar-refractivity contribution in [3.63, 3.8) is 0 Å². The number of urea groups is 1. The fraction of sp³-hybridized carbons (Fsp3) is 0.444. The van der Waals surface area contributed by atoms with Crippen LogP contribution in [0.2, 0.25) is 0 Å². The van der Waals surface area contributed by atoms with Crippen molar-refractivity contribution in [2.24, 2.45) is 0 Å². The highest BCUT2D eigenvalue weighted by molar-refractivity contribution is 6.04. The lowest BCUT2D eigenvalue weighted by atomic mass is 10.1. The summed E-state index contributed by atoms with van der Waals surface area (Å²) >= 11 is 0. The van der Waals surface area contributed by atoms with Crippen molar-refractivity contribution in [2.75, 3.05) is 31.1 Å². The number of piperazine rings is 1. The molecule has 2 heterocycles. The Morgan fingerprint density at radius 1 is 1.08 bits per heavy atom. The average Bonchev–Trinajstić information content (AvgIpc) is 2.97. The minimum Gasteiger partial charge on any atom is -0.368 e. The minimum atomic E-state index is -0.618. The largest absolute Gasteiger partial charge is 0.368 e. The van der Waals surface area contributed by atoms with Crippen molar-refractivity contribution in [3.05, 3.63) is 29.8 Å². The van der Waals surface area contributed by atoms with E-state index in [1.165, 1.54) is 0 Å². The van der Waals surface area contributed by atoms with Crippen molar-refractivity contribution >= 4 is 29.3 Å². The number of anilines is 1. The Bertz CT molecular complexity index is 723. The number of hydrogen-bond acceptors (Lipinski definition) is 5. The van der Waals surface area contributed by atoms with Crippen molar-refractivity contribution in [2.45, 2.75) is 25.8 Å². The molecule has 2 fully saturated rings. The number of ketones is 1. The Kier molecular flexibility index (Phi) is 5.20. The van der Waals surface area contributed by atoms with Crippen LogP contribution in [0, 0.1) is 0 Å². The van der Waals surface area contributed by atoms with Crippen LogP contribution in [0.25, 0.3) is 0 Å². The first-order valence-corrected chi connectivity index (χ1v) is 8.69. The van der Waals surface area contributed by atoms with Crippen LogP contribution < -0.4 is 15.5 Å². The molecule has 4 amide bonds. The second-order valence-electron chi connectivity index (χ2n) is 6.52. The topological polar surface area (TPSA) is 98.8 Å². The molecule has 0 bridgehead atoms. The minimum absolute atomic E-state index is 0.00877. The summed E-state index contributed by atoms with van der Waals surface area (Å²) in [6.07, 6.45) is 0.537. The first kappa shape index (κ1) is 17.9. The van der Waals surface area contributed by atoms with Gasteiger partial charge in [-0.1, -0.05) is 0 Å². The maximum atomic E-state index is 12.3. The molecule has 2 aliphatic heterocycles. The number of imide groups is 1. The Labute approximate surface area is 151 Å². The van der Waals surface area contributed by atoms with Crippen LogP contribution in [-0.2, 0) is 9.59 Å². The second-order valence-corrected chi connectivity index (χ2v) is 6.52. The van der Waals surface area contributed by atoms with Gasteiger partial charge in [0.15, 0.2) is 5.78 Å². The Morgan fingerprint density at radius 3 is 2.27 bits per heavy atom. The molecule has 2 N–H and O–H groups in total. The van der Waals surface area contributed by atoms with Crippen LogP contribution in [0.1, 0.15) is 30.1 Å². The fourth-order valence-electron chi connectivity index (χ4n) is 3.21. The van der Waals surface area contributed by atoms with Gasteiger partial charge >= 0.3 is 6.03 Å². The van der Waals surface area contributed by atoms with E-state index in [1.807, 2.05) is 24.3 Å². The summed E-state index contributed by atoms with van der Waals surface area (Å²) in [4.78, 5) is 50.2. The molecule has 0 saturated carbocycles. The number of nitrogens with one attached hydrogen (secondary N) is 2. The van der Waals surface area contributed by atoms with E-state index >= 15 is 0 Å². The van der Waals surface area contributed by atoms with Crippen molar-refractivity contribution in [1.29, 1.82) is 0 Å². The van der Waals surface area contributed by atoms with Crippen LogP contribution >= 0.6 is 0 Å². The molecule has 0 radical (unpaired) electrons. The van der Waals surface area contributed by atoms with Crippen LogP contribution in [-0.4, -0.2) is 60.7 Å². The van der Waals surface area contributed by atoms with E-state index in [1.54, 1.807) is 11.8 Å². The fourth-order valence-corrected chi connectivity index (χ4v) is 3.21. The third-order valence-corrected chi connectivity index (χ3v) is 4.78. The lowest BCUT2D eigenvalue weighted by molar-refractivity contribution is -0.131. The van der Waals surface area contributed by atoms with Gasteiger partial charge in [-0.2, -0.15) is 0 Å². The highest BCUT2D eigenvalue weighted by atomic mass is 16.2. The number of carbonyl (C=O) groups excluding carboxylic acids is 4. The summed E-state index contributed by atoms with van der Waals surface area (Å²) in [6, 6.07) is 6.36. The van der Waals surface area contributed by atoms with Gasteiger partial charge in [-0.3, -0.25) is 19.7 Å². The third-order valence-electron chi connectivity index (χ3n) is 4.78. The zero-order valence-corrected chi connectivity index (χ0v) is 14.7. The summed E-state index contributed by atoms with van der Waals surface area (Å²) in [5, 5.41) is 4.66. The predicted molar refractivity (Wildman–Crippen MR) is 94.9 cm³/mol. The smallest absolute Gasteiger partial charge is 0.322 e. The number of rotatable bonds is 5. The molecule has 8 nitrogen and oxygen atoms in total. The monoisotopic (exact) mass is 358 g/mol. The third kappa shape index (κ3) is 4.01. The van der Waals surface area contributed by atoms with E-state index in [4.69, 9.17) is 0 Å². The van der Waals surface area contributed by atoms with Gasteiger partial charge < -0.3 is 15.1 Å². The number of benzene rings is 1. The van der Waals surface area contributed by atoms with Crippen molar-refractivity contribution in [1.82, 2.24) is 15.5 Å². The van der Waals surface area contributed by atoms with Crippen LogP contribution in [0.3, 0.4) is 0 Å². The summed E-state index contributed by atoms with van der Waals surface area (Å²) in [6.45, 7) is 4.19. The normalized spacial score (nSPS) is 20.0. The van der Waals surface area contributed by atoms with Gasteiger partial charge in [0.25, 0.3) is 5.91 Å². The molecule has 3 rings (SSSR count). The van der Waals surface area contributed by atoms with Crippen LogP contribution in [0.5, 0.6) is 0 Å². The molecule has 0 aliphatic carbocycles. The first-order chi connectivity index (χ1) is 12.4. The van der Waals surface area contributed by atoms with Gasteiger partial charge in [-0.25, -0.2) is 4.79 Å². The molecule has 8 heteroatoms. The van der Waals surface area contributed by atoms with Gasteiger partial charge in [0.05, 0.1) is 0 Å². The first-order valence-electron chi connectivity index (χ1n) is 8.69. The Morgan fingerprint density at radius 2 is 1.73 bits per heavy atom. The molecule has 0 spiro atoms. The van der Waals surface area contributed by atoms with E-state index in [2.05, 4.69) is 15.5 Å². The molecule has 0 aromatic heterocycles. The van der Waals surface area contributed by atoms with Crippen molar-refractivity contribution in [3.8, 4) is 0 Å². The standard InChI is InChI=1S/C18H22N4O4/c1-12(23)13-2-4-14(5-3-13)21-8-10-22(11-9-21)16(24)7-6-15-17(25)20-18(26)19-15/h2-5,15H,6-11H2,1H3,(H2,19,20,25,26)/t15-/m1/s1. The molecule has 1 atom stereocenters. The molecule has 26 heavy (non-hydrogen) atoms. The molecule has 1 aromatic carbocycles. The number of Topliss-reactive ketones (excluding diaryl/α,β-unsaturated/α-hetero) is 1. The molecule has 1 aromatic rings. The van der Waals surface area contributed by atoms with Gasteiger partial charge in [-0.15, -0.1) is 0 Å².